The maximum Gasteiger partial charge on any atom is 0.410 e. The standard InChI is InChI=1S/C24H29BrN4O3/c1-15-13-18(21(30)16-5-7-17(25)8-6-16)20-19(15)22(27-14-26-20)28-9-11-29(12-10-28)23(31)32-24(2,3)4/h5-8,14-15,18H,9-13H2,1-4H3. The predicted octanol–water partition coefficient (Wildman–Crippen LogP) is 4.77. The van der Waals surface area contributed by atoms with Crippen LogP contribution >= 0.6 is 15.9 Å². The molecule has 1 fully saturated rings. The summed E-state index contributed by atoms with van der Waals surface area (Å²) in [5, 5.41) is 0. The monoisotopic (exact) mass is 500 g/mol. The van der Waals surface area contributed by atoms with Crippen LogP contribution < -0.4 is 4.90 Å². The van der Waals surface area contributed by atoms with E-state index in [0.29, 0.717) is 31.7 Å². The zero-order valence-electron chi connectivity index (χ0n) is 19.0. The number of benzene rings is 1. The molecule has 0 spiro atoms. The van der Waals surface area contributed by atoms with Crippen molar-refractivity contribution in [2.45, 2.75) is 51.6 Å². The van der Waals surface area contributed by atoms with Gasteiger partial charge in [0.1, 0.15) is 17.7 Å². The number of nitrogens with zero attached hydrogens (tertiary/aromatic N) is 4. The molecule has 8 heteroatoms. The molecule has 0 bridgehead atoms. The van der Waals surface area contributed by atoms with Gasteiger partial charge in [0, 0.05) is 41.8 Å². The van der Waals surface area contributed by atoms with Crippen LogP contribution in [0.5, 0.6) is 0 Å². The van der Waals surface area contributed by atoms with Gasteiger partial charge in [0.2, 0.25) is 0 Å². The van der Waals surface area contributed by atoms with Crippen molar-refractivity contribution in [3.05, 3.63) is 51.9 Å². The van der Waals surface area contributed by atoms with E-state index in [4.69, 9.17) is 4.74 Å². The molecule has 0 saturated carbocycles. The van der Waals surface area contributed by atoms with Crippen LogP contribution in [0.4, 0.5) is 10.6 Å². The van der Waals surface area contributed by atoms with E-state index in [9.17, 15) is 9.59 Å². The Labute approximate surface area is 197 Å². The molecule has 0 N–H and O–H groups in total. The number of ketones is 1. The quantitative estimate of drug-likeness (QED) is 0.565. The van der Waals surface area contributed by atoms with Crippen molar-refractivity contribution in [2.24, 2.45) is 0 Å². The maximum atomic E-state index is 13.2. The van der Waals surface area contributed by atoms with Gasteiger partial charge in [-0.3, -0.25) is 4.79 Å². The predicted molar refractivity (Wildman–Crippen MR) is 126 cm³/mol. The Morgan fingerprint density at radius 2 is 1.72 bits per heavy atom. The SMILES string of the molecule is CC1CC(C(=O)c2ccc(Br)cc2)c2ncnc(N3CCN(C(=O)OC(C)(C)C)CC3)c21. The first kappa shape index (κ1) is 22.7. The molecule has 1 aliphatic heterocycles. The Hall–Kier alpha value is -2.48. The molecular formula is C24H29BrN4O3. The molecule has 1 aromatic heterocycles. The molecule has 1 aromatic carbocycles. The lowest BCUT2D eigenvalue weighted by molar-refractivity contribution is 0.0240. The Morgan fingerprint density at radius 1 is 1.06 bits per heavy atom. The van der Waals surface area contributed by atoms with Crippen LogP contribution in [0.15, 0.2) is 35.1 Å². The lowest BCUT2D eigenvalue weighted by Crippen LogP contribution is -2.50. The van der Waals surface area contributed by atoms with E-state index in [1.165, 1.54) is 0 Å². The summed E-state index contributed by atoms with van der Waals surface area (Å²) >= 11 is 3.42. The molecule has 2 heterocycles. The number of fused-ring (bicyclic) bond motifs is 1. The first-order chi connectivity index (χ1) is 15.1. The molecule has 1 aliphatic carbocycles. The number of Topliss-reactive ketones (excluding diaryl/α,β-unsaturated/α-hetero) is 1. The van der Waals surface area contributed by atoms with Gasteiger partial charge < -0.3 is 14.5 Å². The summed E-state index contributed by atoms with van der Waals surface area (Å²) in [6, 6.07) is 7.49. The molecule has 170 valence electrons. The van der Waals surface area contributed by atoms with Gasteiger partial charge in [-0.15, -0.1) is 0 Å². The maximum absolute atomic E-state index is 13.2. The van der Waals surface area contributed by atoms with Gasteiger partial charge in [-0.2, -0.15) is 0 Å². The Balaban J connectivity index is 1.52. The first-order valence-electron chi connectivity index (χ1n) is 11.0. The number of carbonyl (C=O) groups excluding carboxylic acids is 2. The molecule has 0 radical (unpaired) electrons. The van der Waals surface area contributed by atoms with Gasteiger partial charge in [0.25, 0.3) is 0 Å². The van der Waals surface area contributed by atoms with Crippen LogP contribution in [0.3, 0.4) is 0 Å². The summed E-state index contributed by atoms with van der Waals surface area (Å²) in [5.41, 5.74) is 2.09. The number of aromatic nitrogens is 2. The highest BCUT2D eigenvalue weighted by molar-refractivity contribution is 9.10. The summed E-state index contributed by atoms with van der Waals surface area (Å²) in [7, 11) is 0. The van der Waals surface area contributed by atoms with Crippen LogP contribution in [-0.4, -0.2) is 58.5 Å². The summed E-state index contributed by atoms with van der Waals surface area (Å²) < 4.78 is 6.45. The number of ether oxygens (including phenoxy) is 1. The number of carbonyl (C=O) groups is 2. The van der Waals surface area contributed by atoms with E-state index in [-0.39, 0.29) is 23.7 Å². The minimum absolute atomic E-state index is 0.0995. The number of anilines is 1. The molecule has 7 nitrogen and oxygen atoms in total. The van der Waals surface area contributed by atoms with Crippen molar-refractivity contribution in [1.29, 1.82) is 0 Å². The lowest BCUT2D eigenvalue weighted by Gasteiger charge is -2.37. The molecule has 2 aliphatic rings. The van der Waals surface area contributed by atoms with Crippen molar-refractivity contribution < 1.29 is 14.3 Å². The molecule has 2 atom stereocenters. The summed E-state index contributed by atoms with van der Waals surface area (Å²) in [6.07, 6.45) is 2.01. The fraction of sp³-hybridized carbons (Fsp3) is 0.500. The van der Waals surface area contributed by atoms with E-state index < -0.39 is 5.60 Å². The second kappa shape index (κ2) is 8.81. The molecule has 2 aromatic rings. The molecule has 4 rings (SSSR count). The first-order valence-corrected chi connectivity index (χ1v) is 11.8. The van der Waals surface area contributed by atoms with E-state index in [0.717, 1.165) is 28.0 Å². The molecule has 1 amide bonds. The third kappa shape index (κ3) is 4.65. The van der Waals surface area contributed by atoms with Crippen molar-refractivity contribution in [3.63, 3.8) is 0 Å². The van der Waals surface area contributed by atoms with Gasteiger partial charge in [-0.05, 0) is 45.2 Å². The van der Waals surface area contributed by atoms with Crippen LogP contribution in [0, 0.1) is 0 Å². The van der Waals surface area contributed by atoms with Gasteiger partial charge in [0.05, 0.1) is 11.6 Å². The number of hydrogen-bond donors (Lipinski definition) is 0. The number of amides is 1. The van der Waals surface area contributed by atoms with Gasteiger partial charge >= 0.3 is 6.09 Å². The number of piperazine rings is 1. The minimum atomic E-state index is -0.506. The molecule has 2 unspecified atom stereocenters. The number of halogens is 1. The average molecular weight is 501 g/mol. The van der Waals surface area contributed by atoms with Crippen molar-refractivity contribution in [2.75, 3.05) is 31.1 Å². The fourth-order valence-electron chi connectivity index (χ4n) is 4.46. The zero-order chi connectivity index (χ0) is 23.0. The fourth-order valence-corrected chi connectivity index (χ4v) is 4.72. The smallest absolute Gasteiger partial charge is 0.410 e. The third-order valence-electron chi connectivity index (χ3n) is 5.98. The lowest BCUT2D eigenvalue weighted by atomic mass is 9.94. The van der Waals surface area contributed by atoms with E-state index >= 15 is 0 Å². The van der Waals surface area contributed by atoms with Crippen molar-refractivity contribution in [1.82, 2.24) is 14.9 Å². The Kier molecular flexibility index (Phi) is 6.25. The summed E-state index contributed by atoms with van der Waals surface area (Å²) in [5.74, 6) is 0.917. The van der Waals surface area contributed by atoms with Gasteiger partial charge in [-0.25, -0.2) is 14.8 Å². The van der Waals surface area contributed by atoms with E-state index in [2.05, 4.69) is 37.7 Å². The zero-order valence-corrected chi connectivity index (χ0v) is 20.6. The van der Waals surface area contributed by atoms with Gasteiger partial charge in [0.15, 0.2) is 5.78 Å². The average Bonchev–Trinajstić information content (AvgIpc) is 3.09. The summed E-state index contributed by atoms with van der Waals surface area (Å²) in [6.45, 7) is 10.2. The Bertz CT molecular complexity index is 1010. The normalized spacial score (nSPS) is 20.8. The van der Waals surface area contributed by atoms with Crippen LogP contribution in [0.2, 0.25) is 0 Å². The highest BCUT2D eigenvalue weighted by Crippen LogP contribution is 2.45. The highest BCUT2D eigenvalue weighted by Gasteiger charge is 2.39. The Morgan fingerprint density at radius 3 is 2.34 bits per heavy atom. The van der Waals surface area contributed by atoms with Gasteiger partial charge in [-0.1, -0.05) is 35.0 Å². The van der Waals surface area contributed by atoms with E-state index in [1.54, 1.807) is 11.2 Å². The van der Waals surface area contributed by atoms with Crippen molar-refractivity contribution >= 4 is 33.6 Å². The molecular weight excluding hydrogens is 472 g/mol. The summed E-state index contributed by atoms with van der Waals surface area (Å²) in [4.78, 5) is 38.7. The molecule has 32 heavy (non-hydrogen) atoms. The number of rotatable bonds is 3. The topological polar surface area (TPSA) is 75.6 Å². The minimum Gasteiger partial charge on any atom is -0.444 e. The van der Waals surface area contributed by atoms with E-state index in [1.807, 2.05) is 45.0 Å². The second-order valence-corrected chi connectivity index (χ2v) is 10.4. The molecule has 1 saturated heterocycles. The van der Waals surface area contributed by atoms with Crippen LogP contribution in [0.1, 0.15) is 67.6 Å². The second-order valence-electron chi connectivity index (χ2n) is 9.51. The van der Waals surface area contributed by atoms with Crippen LogP contribution in [-0.2, 0) is 4.74 Å². The largest absolute Gasteiger partial charge is 0.444 e. The number of hydrogen-bond acceptors (Lipinski definition) is 6. The van der Waals surface area contributed by atoms with Crippen molar-refractivity contribution in [3.8, 4) is 0 Å². The van der Waals surface area contributed by atoms with Crippen LogP contribution in [0.25, 0.3) is 0 Å². The highest BCUT2D eigenvalue weighted by atomic mass is 79.9. The third-order valence-corrected chi connectivity index (χ3v) is 6.51.